The van der Waals surface area contributed by atoms with Crippen molar-refractivity contribution in [2.45, 2.75) is 298 Å². The molecule has 0 aromatic rings. The topological polar surface area (TPSA) is 78.9 Å². The largest absolute Gasteiger partial charge is 0.462 e. The fraction of sp³-hybridized carbons (Fsp3) is 0.944. The molecule has 0 rings (SSSR count). The minimum Gasteiger partial charge on any atom is -0.462 e. The Morgan fingerprint density at radius 3 is 0.717 bits per heavy atom. The Hall–Kier alpha value is -1.59. The van der Waals surface area contributed by atoms with Crippen LogP contribution in [0.5, 0.6) is 0 Å². The maximum Gasteiger partial charge on any atom is 0.306 e. The minimum absolute atomic E-state index is 0.0654. The summed E-state index contributed by atoms with van der Waals surface area (Å²) in [5.74, 6) is 1.58. The zero-order valence-corrected chi connectivity index (χ0v) is 41.3. The molecule has 6 nitrogen and oxygen atoms in total. The van der Waals surface area contributed by atoms with Crippen molar-refractivity contribution in [3.05, 3.63) is 0 Å². The van der Waals surface area contributed by atoms with E-state index in [2.05, 4.69) is 41.5 Å². The van der Waals surface area contributed by atoms with Crippen LogP contribution in [-0.4, -0.2) is 37.2 Å². The molecule has 0 saturated carbocycles. The van der Waals surface area contributed by atoms with Crippen LogP contribution in [0.4, 0.5) is 0 Å². The quantitative estimate of drug-likeness (QED) is 0.0345. The Labute approximate surface area is 374 Å². The van der Waals surface area contributed by atoms with Crippen LogP contribution >= 0.6 is 0 Å². The summed E-state index contributed by atoms with van der Waals surface area (Å²) >= 11 is 0. The molecule has 0 unspecified atom stereocenters. The van der Waals surface area contributed by atoms with Gasteiger partial charge in [-0.25, -0.2) is 0 Å². The highest BCUT2D eigenvalue weighted by atomic mass is 16.6. The Kier molecular flexibility index (Phi) is 44.2. The average Bonchev–Trinajstić information content (AvgIpc) is 3.20. The highest BCUT2D eigenvalue weighted by Crippen LogP contribution is 2.18. The number of hydrogen-bond acceptors (Lipinski definition) is 6. The van der Waals surface area contributed by atoms with Gasteiger partial charge in [-0.2, -0.15) is 0 Å². The lowest BCUT2D eigenvalue weighted by Crippen LogP contribution is -2.30. The van der Waals surface area contributed by atoms with Gasteiger partial charge < -0.3 is 14.2 Å². The van der Waals surface area contributed by atoms with Crippen LogP contribution in [0.25, 0.3) is 0 Å². The maximum absolute atomic E-state index is 12.7. The molecule has 60 heavy (non-hydrogen) atoms. The van der Waals surface area contributed by atoms with E-state index in [1.54, 1.807) is 0 Å². The number of rotatable bonds is 47. The third kappa shape index (κ3) is 47.5. The lowest BCUT2D eigenvalue weighted by atomic mass is 10.0. The Balaban J connectivity index is 4.21. The summed E-state index contributed by atoms with van der Waals surface area (Å²) in [4.78, 5) is 37.9. The number of hydrogen-bond donors (Lipinski definition) is 0. The van der Waals surface area contributed by atoms with Gasteiger partial charge in [-0.3, -0.25) is 14.4 Å². The molecule has 0 fully saturated rings. The number of ether oxygens (including phenoxy) is 3. The summed E-state index contributed by atoms with van der Waals surface area (Å²) in [6.07, 6.45) is 45.4. The SMILES string of the molecule is CC(C)CCCCCCCCCCCCCCCCCCC(=O)OC[C@H](COC(=O)CCCCCCCCCCCCCC(C)C)OC(=O)CCCCCCCCC(C)C. The van der Waals surface area contributed by atoms with Crippen LogP contribution in [0.15, 0.2) is 0 Å². The van der Waals surface area contributed by atoms with Gasteiger partial charge in [0.05, 0.1) is 0 Å². The van der Waals surface area contributed by atoms with Gasteiger partial charge in [-0.05, 0) is 37.0 Å². The van der Waals surface area contributed by atoms with Crippen molar-refractivity contribution in [2.24, 2.45) is 17.8 Å². The first-order valence-corrected chi connectivity index (χ1v) is 26.6. The highest BCUT2D eigenvalue weighted by Gasteiger charge is 2.19. The Bertz CT molecular complexity index is 929. The number of unbranched alkanes of at least 4 members (excludes halogenated alkanes) is 30. The van der Waals surface area contributed by atoms with Crippen LogP contribution < -0.4 is 0 Å². The van der Waals surface area contributed by atoms with Gasteiger partial charge >= 0.3 is 17.9 Å². The van der Waals surface area contributed by atoms with Crippen molar-refractivity contribution in [3.63, 3.8) is 0 Å². The molecule has 0 saturated heterocycles. The number of carbonyl (C=O) groups excluding carboxylic acids is 3. The van der Waals surface area contributed by atoms with Crippen molar-refractivity contribution < 1.29 is 28.6 Å². The van der Waals surface area contributed by atoms with Gasteiger partial charge in [0.25, 0.3) is 0 Å². The van der Waals surface area contributed by atoms with Crippen molar-refractivity contribution >= 4 is 17.9 Å². The second-order valence-corrected chi connectivity index (χ2v) is 19.9. The zero-order valence-electron chi connectivity index (χ0n) is 41.3. The molecule has 0 radical (unpaired) electrons. The van der Waals surface area contributed by atoms with Gasteiger partial charge in [0.1, 0.15) is 13.2 Å². The third-order valence-corrected chi connectivity index (χ3v) is 12.1. The number of esters is 3. The van der Waals surface area contributed by atoms with Crippen LogP contribution in [0.3, 0.4) is 0 Å². The second kappa shape index (κ2) is 45.4. The molecule has 0 aromatic heterocycles. The average molecular weight is 849 g/mol. The molecule has 0 aliphatic heterocycles. The molecule has 0 aromatic carbocycles. The van der Waals surface area contributed by atoms with E-state index < -0.39 is 6.10 Å². The summed E-state index contributed by atoms with van der Waals surface area (Å²) < 4.78 is 16.8. The molecule has 0 amide bonds. The van der Waals surface area contributed by atoms with E-state index in [1.165, 1.54) is 173 Å². The monoisotopic (exact) mass is 849 g/mol. The van der Waals surface area contributed by atoms with E-state index in [-0.39, 0.29) is 31.1 Å². The minimum atomic E-state index is -0.763. The van der Waals surface area contributed by atoms with Gasteiger partial charge in [0.2, 0.25) is 0 Å². The normalized spacial score (nSPS) is 12.2. The molecule has 356 valence electrons. The standard InChI is InChI=1S/C54H104O6/c1-48(2)40-34-28-22-18-14-11-9-7-8-10-12-16-20-24-31-37-43-52(55)58-46-51(60-54(57)45-39-33-27-26-30-36-42-50(5)6)47-59-53(56)44-38-32-25-21-17-13-15-19-23-29-35-41-49(3)4/h48-51H,7-47H2,1-6H3/t51-/m1/s1. The molecule has 0 N–H and O–H groups in total. The van der Waals surface area contributed by atoms with Gasteiger partial charge in [-0.1, -0.05) is 253 Å². The Morgan fingerprint density at radius 1 is 0.283 bits per heavy atom. The van der Waals surface area contributed by atoms with E-state index in [0.717, 1.165) is 75.5 Å². The molecular formula is C54H104O6. The first-order chi connectivity index (χ1) is 29.1. The molecule has 0 aliphatic carbocycles. The zero-order chi connectivity index (χ0) is 44.2. The number of carbonyl (C=O) groups is 3. The second-order valence-electron chi connectivity index (χ2n) is 19.9. The van der Waals surface area contributed by atoms with Crippen LogP contribution in [-0.2, 0) is 28.6 Å². The molecule has 6 heteroatoms. The third-order valence-electron chi connectivity index (χ3n) is 12.1. The maximum atomic E-state index is 12.7. The summed E-state index contributed by atoms with van der Waals surface area (Å²) in [5, 5.41) is 0. The Morgan fingerprint density at radius 2 is 0.483 bits per heavy atom. The fourth-order valence-electron chi connectivity index (χ4n) is 8.12. The van der Waals surface area contributed by atoms with E-state index in [4.69, 9.17) is 14.2 Å². The summed E-state index contributed by atoms with van der Waals surface area (Å²) in [5.41, 5.74) is 0. The van der Waals surface area contributed by atoms with Crippen molar-refractivity contribution in [3.8, 4) is 0 Å². The summed E-state index contributed by atoms with van der Waals surface area (Å²) in [6.45, 7) is 13.7. The lowest BCUT2D eigenvalue weighted by molar-refractivity contribution is -0.167. The molecule has 1 atom stereocenters. The van der Waals surface area contributed by atoms with Crippen molar-refractivity contribution in [2.75, 3.05) is 13.2 Å². The van der Waals surface area contributed by atoms with Crippen LogP contribution in [0.2, 0.25) is 0 Å². The summed E-state index contributed by atoms with van der Waals surface area (Å²) in [7, 11) is 0. The van der Waals surface area contributed by atoms with Gasteiger partial charge in [0, 0.05) is 19.3 Å². The fourth-order valence-corrected chi connectivity index (χ4v) is 8.12. The predicted molar refractivity (Wildman–Crippen MR) is 256 cm³/mol. The van der Waals surface area contributed by atoms with E-state index in [0.29, 0.717) is 19.3 Å². The first-order valence-electron chi connectivity index (χ1n) is 26.6. The first kappa shape index (κ1) is 58.4. The molecule has 0 aliphatic rings. The summed E-state index contributed by atoms with van der Waals surface area (Å²) in [6, 6.07) is 0. The van der Waals surface area contributed by atoms with E-state index in [1.807, 2.05) is 0 Å². The van der Waals surface area contributed by atoms with Crippen molar-refractivity contribution in [1.82, 2.24) is 0 Å². The molecule has 0 heterocycles. The smallest absolute Gasteiger partial charge is 0.306 e. The van der Waals surface area contributed by atoms with E-state index in [9.17, 15) is 14.4 Å². The van der Waals surface area contributed by atoms with Gasteiger partial charge in [0.15, 0.2) is 6.10 Å². The lowest BCUT2D eigenvalue weighted by Gasteiger charge is -2.18. The van der Waals surface area contributed by atoms with Crippen LogP contribution in [0.1, 0.15) is 292 Å². The van der Waals surface area contributed by atoms with Crippen LogP contribution in [0, 0.1) is 17.8 Å². The highest BCUT2D eigenvalue weighted by molar-refractivity contribution is 5.71. The molecule has 0 bridgehead atoms. The van der Waals surface area contributed by atoms with Gasteiger partial charge in [-0.15, -0.1) is 0 Å². The van der Waals surface area contributed by atoms with E-state index >= 15 is 0 Å². The molecular weight excluding hydrogens is 745 g/mol. The molecule has 0 spiro atoms. The predicted octanol–water partition coefficient (Wildman–Crippen LogP) is 17.2. The van der Waals surface area contributed by atoms with Crippen molar-refractivity contribution in [1.29, 1.82) is 0 Å².